The van der Waals surface area contributed by atoms with E-state index in [-0.39, 0.29) is 17.2 Å². The summed E-state index contributed by atoms with van der Waals surface area (Å²) in [5.74, 6) is 0.462. The number of alkyl halides is 3. The molecule has 1 aromatic rings. The third-order valence-corrected chi connectivity index (χ3v) is 2.86. The maximum Gasteiger partial charge on any atom is 0.416 e. The summed E-state index contributed by atoms with van der Waals surface area (Å²) in [6, 6.07) is 2.06. The summed E-state index contributed by atoms with van der Waals surface area (Å²) < 4.78 is 38.5. The van der Waals surface area contributed by atoms with Crippen molar-refractivity contribution in [2.45, 2.75) is 45.8 Å². The molecule has 0 radical (unpaired) electrons. The van der Waals surface area contributed by atoms with Crippen LogP contribution in [0.3, 0.4) is 0 Å². The first-order valence-corrected chi connectivity index (χ1v) is 6.29. The standard InChI is InChI=1S/C13H20F3N3/c1-5-12(3,4)19-11-8-9(13(14,15)16)7-10(18-11)17-6-2/h7-8H,5-6H2,1-4H3,(H2,17,18,19). The number of halogens is 3. The number of nitrogens with one attached hydrogen (secondary N) is 2. The van der Waals surface area contributed by atoms with Gasteiger partial charge in [0, 0.05) is 12.1 Å². The number of hydrogen-bond acceptors (Lipinski definition) is 3. The molecule has 0 amide bonds. The third-order valence-electron chi connectivity index (χ3n) is 2.86. The van der Waals surface area contributed by atoms with E-state index >= 15 is 0 Å². The van der Waals surface area contributed by atoms with Crippen LogP contribution in [0.1, 0.15) is 39.7 Å². The second kappa shape index (κ2) is 5.67. The van der Waals surface area contributed by atoms with Crippen LogP contribution in [0.5, 0.6) is 0 Å². The Morgan fingerprint density at radius 2 is 1.68 bits per heavy atom. The molecule has 3 nitrogen and oxygen atoms in total. The lowest BCUT2D eigenvalue weighted by Gasteiger charge is -2.26. The molecule has 0 spiro atoms. The average molecular weight is 275 g/mol. The first-order chi connectivity index (χ1) is 8.68. The van der Waals surface area contributed by atoms with Crippen molar-refractivity contribution >= 4 is 11.6 Å². The third kappa shape index (κ3) is 4.61. The zero-order valence-corrected chi connectivity index (χ0v) is 11.7. The number of anilines is 2. The SMILES string of the molecule is CCNc1cc(C(F)(F)F)cc(NC(C)(C)CC)n1. The Labute approximate surface area is 111 Å². The summed E-state index contributed by atoms with van der Waals surface area (Å²) in [5.41, 5.74) is -1.01. The van der Waals surface area contributed by atoms with Gasteiger partial charge in [0.15, 0.2) is 0 Å². The predicted octanol–water partition coefficient (Wildman–Crippen LogP) is 4.13. The van der Waals surface area contributed by atoms with Crippen LogP contribution in [0.25, 0.3) is 0 Å². The second-order valence-electron chi connectivity index (χ2n) is 5.02. The van der Waals surface area contributed by atoms with Gasteiger partial charge in [0.25, 0.3) is 0 Å². The Hall–Kier alpha value is -1.46. The van der Waals surface area contributed by atoms with Crippen LogP contribution in [-0.2, 0) is 6.18 Å². The van der Waals surface area contributed by atoms with Crippen LogP contribution < -0.4 is 10.6 Å². The molecular formula is C13H20F3N3. The van der Waals surface area contributed by atoms with Gasteiger partial charge in [-0.2, -0.15) is 13.2 Å². The van der Waals surface area contributed by atoms with Crippen LogP contribution >= 0.6 is 0 Å². The molecule has 0 aliphatic heterocycles. The van der Waals surface area contributed by atoms with Gasteiger partial charge in [0.1, 0.15) is 11.6 Å². The lowest BCUT2D eigenvalue weighted by atomic mass is 10.0. The minimum absolute atomic E-state index is 0.228. The van der Waals surface area contributed by atoms with Gasteiger partial charge >= 0.3 is 6.18 Å². The molecule has 0 saturated heterocycles. The van der Waals surface area contributed by atoms with Gasteiger partial charge in [-0.15, -0.1) is 0 Å². The fraction of sp³-hybridized carbons (Fsp3) is 0.615. The normalized spacial score (nSPS) is 12.4. The average Bonchev–Trinajstić information content (AvgIpc) is 2.27. The number of nitrogens with zero attached hydrogens (tertiary/aromatic N) is 1. The van der Waals surface area contributed by atoms with Crippen molar-refractivity contribution in [3.8, 4) is 0 Å². The molecule has 0 unspecified atom stereocenters. The van der Waals surface area contributed by atoms with Gasteiger partial charge in [-0.25, -0.2) is 4.98 Å². The van der Waals surface area contributed by atoms with Gasteiger partial charge < -0.3 is 10.6 Å². The largest absolute Gasteiger partial charge is 0.416 e. The van der Waals surface area contributed by atoms with Gasteiger partial charge in [0.2, 0.25) is 0 Å². The van der Waals surface area contributed by atoms with Crippen molar-refractivity contribution in [1.29, 1.82) is 0 Å². The summed E-state index contributed by atoms with van der Waals surface area (Å²) in [6.07, 6.45) is -3.60. The zero-order valence-electron chi connectivity index (χ0n) is 11.7. The van der Waals surface area contributed by atoms with E-state index in [1.165, 1.54) is 0 Å². The molecule has 1 rings (SSSR count). The van der Waals surface area contributed by atoms with Crippen LogP contribution in [0.4, 0.5) is 24.8 Å². The topological polar surface area (TPSA) is 37.0 Å². The van der Waals surface area contributed by atoms with Crippen molar-refractivity contribution < 1.29 is 13.2 Å². The molecule has 0 saturated carbocycles. The minimum Gasteiger partial charge on any atom is -0.370 e. The molecule has 108 valence electrons. The predicted molar refractivity (Wildman–Crippen MR) is 71.4 cm³/mol. The van der Waals surface area contributed by atoms with Gasteiger partial charge in [0.05, 0.1) is 5.56 Å². The van der Waals surface area contributed by atoms with E-state index < -0.39 is 11.7 Å². The minimum atomic E-state index is -4.38. The van der Waals surface area contributed by atoms with Crippen molar-refractivity contribution in [3.63, 3.8) is 0 Å². The summed E-state index contributed by atoms with van der Waals surface area (Å²) in [7, 11) is 0. The number of rotatable bonds is 5. The number of aromatic nitrogens is 1. The van der Waals surface area contributed by atoms with E-state index in [2.05, 4.69) is 15.6 Å². The van der Waals surface area contributed by atoms with E-state index in [1.54, 1.807) is 0 Å². The van der Waals surface area contributed by atoms with Crippen molar-refractivity contribution in [2.75, 3.05) is 17.2 Å². The van der Waals surface area contributed by atoms with E-state index in [4.69, 9.17) is 0 Å². The molecule has 6 heteroatoms. The highest BCUT2D eigenvalue weighted by Gasteiger charge is 2.32. The van der Waals surface area contributed by atoms with Crippen LogP contribution in [0, 0.1) is 0 Å². The van der Waals surface area contributed by atoms with Gasteiger partial charge in [-0.3, -0.25) is 0 Å². The highest BCUT2D eigenvalue weighted by Crippen LogP contribution is 2.32. The Kier molecular flexibility index (Phi) is 4.66. The summed E-state index contributed by atoms with van der Waals surface area (Å²) >= 11 is 0. The monoisotopic (exact) mass is 275 g/mol. The second-order valence-corrected chi connectivity index (χ2v) is 5.02. The fourth-order valence-electron chi connectivity index (χ4n) is 1.47. The Bertz CT molecular complexity index is 428. The smallest absolute Gasteiger partial charge is 0.370 e. The highest BCUT2D eigenvalue weighted by molar-refractivity contribution is 5.50. The highest BCUT2D eigenvalue weighted by atomic mass is 19.4. The molecule has 19 heavy (non-hydrogen) atoms. The summed E-state index contributed by atoms with van der Waals surface area (Å²) in [4.78, 5) is 4.15. The Morgan fingerprint density at radius 3 is 2.16 bits per heavy atom. The molecule has 2 N–H and O–H groups in total. The van der Waals surface area contributed by atoms with Crippen LogP contribution in [-0.4, -0.2) is 17.1 Å². The van der Waals surface area contributed by atoms with E-state index in [0.717, 1.165) is 18.6 Å². The lowest BCUT2D eigenvalue weighted by molar-refractivity contribution is -0.137. The molecule has 0 aromatic carbocycles. The van der Waals surface area contributed by atoms with Crippen LogP contribution in [0.15, 0.2) is 12.1 Å². The molecule has 0 fully saturated rings. The fourth-order valence-corrected chi connectivity index (χ4v) is 1.47. The van der Waals surface area contributed by atoms with Crippen molar-refractivity contribution in [1.82, 2.24) is 4.98 Å². The maximum absolute atomic E-state index is 12.8. The quantitative estimate of drug-likeness (QED) is 0.848. The number of pyridine rings is 1. The van der Waals surface area contributed by atoms with E-state index in [1.807, 2.05) is 27.7 Å². The zero-order chi connectivity index (χ0) is 14.7. The lowest BCUT2D eigenvalue weighted by Crippen LogP contribution is -2.30. The molecule has 0 aliphatic carbocycles. The molecule has 0 aliphatic rings. The molecule has 0 bridgehead atoms. The molecular weight excluding hydrogens is 255 g/mol. The first kappa shape index (κ1) is 15.6. The van der Waals surface area contributed by atoms with Crippen LogP contribution in [0.2, 0.25) is 0 Å². The van der Waals surface area contributed by atoms with Crippen molar-refractivity contribution in [3.05, 3.63) is 17.7 Å². The molecule has 1 heterocycles. The van der Waals surface area contributed by atoms with Gasteiger partial charge in [-0.05, 0) is 39.3 Å². The van der Waals surface area contributed by atoms with E-state index in [9.17, 15) is 13.2 Å². The summed E-state index contributed by atoms with van der Waals surface area (Å²) in [6.45, 7) is 8.13. The first-order valence-electron chi connectivity index (χ1n) is 6.29. The maximum atomic E-state index is 12.8. The van der Waals surface area contributed by atoms with E-state index in [0.29, 0.717) is 6.54 Å². The Balaban J connectivity index is 3.13. The number of hydrogen-bond donors (Lipinski definition) is 2. The molecule has 1 aromatic heterocycles. The van der Waals surface area contributed by atoms with Crippen molar-refractivity contribution in [2.24, 2.45) is 0 Å². The Morgan fingerprint density at radius 1 is 1.11 bits per heavy atom. The molecule has 0 atom stereocenters. The summed E-state index contributed by atoms with van der Waals surface area (Å²) in [5, 5.41) is 5.84. The van der Waals surface area contributed by atoms with Gasteiger partial charge in [-0.1, -0.05) is 6.92 Å².